The van der Waals surface area contributed by atoms with Crippen molar-refractivity contribution in [3.8, 4) is 0 Å². The van der Waals surface area contributed by atoms with Gasteiger partial charge in [-0.3, -0.25) is 0 Å². The van der Waals surface area contributed by atoms with Crippen LogP contribution >= 0.6 is 27.5 Å². The van der Waals surface area contributed by atoms with E-state index in [1.54, 1.807) is 13.8 Å². The predicted molar refractivity (Wildman–Crippen MR) is 76.2 cm³/mol. The number of nitrogens with zero attached hydrogens (tertiary/aromatic N) is 1. The van der Waals surface area contributed by atoms with Crippen molar-refractivity contribution in [1.82, 2.24) is 4.31 Å². The predicted octanol–water partition coefficient (Wildman–Crippen LogP) is 2.83. The molecule has 1 aromatic carbocycles. The van der Waals surface area contributed by atoms with Crippen LogP contribution in [0.4, 0.5) is 0 Å². The van der Waals surface area contributed by atoms with Crippen molar-refractivity contribution in [3.63, 3.8) is 0 Å². The van der Waals surface area contributed by atoms with Gasteiger partial charge in [0.2, 0.25) is 10.0 Å². The molecule has 5 nitrogen and oxygen atoms in total. The first kappa shape index (κ1) is 16.4. The van der Waals surface area contributed by atoms with Gasteiger partial charge in [-0.25, -0.2) is 13.2 Å². The summed E-state index contributed by atoms with van der Waals surface area (Å²) in [6.07, 6.45) is 0. The number of benzene rings is 1. The lowest BCUT2D eigenvalue weighted by molar-refractivity contribution is 0.0696. The number of hydrogen-bond donors (Lipinski definition) is 1. The molecule has 1 rings (SSSR count). The van der Waals surface area contributed by atoms with E-state index in [9.17, 15) is 13.2 Å². The van der Waals surface area contributed by atoms with E-state index >= 15 is 0 Å². The quantitative estimate of drug-likeness (QED) is 0.865. The lowest BCUT2D eigenvalue weighted by atomic mass is 10.2. The van der Waals surface area contributed by atoms with Gasteiger partial charge < -0.3 is 5.11 Å². The summed E-state index contributed by atoms with van der Waals surface area (Å²) in [5, 5.41) is 9.00. The summed E-state index contributed by atoms with van der Waals surface area (Å²) in [7, 11) is -3.72. The van der Waals surface area contributed by atoms with Crippen LogP contribution in [0.1, 0.15) is 24.2 Å². The second kappa shape index (κ2) is 6.21. The molecule has 0 radical (unpaired) electrons. The molecular formula is C11H13BrClNO4S. The molecule has 0 bridgehead atoms. The van der Waals surface area contributed by atoms with E-state index in [2.05, 4.69) is 15.9 Å². The Kier molecular flexibility index (Phi) is 5.37. The SMILES string of the molecule is CCN(CC)S(=O)(=O)c1cc(Br)c(Cl)c(C(=O)O)c1. The summed E-state index contributed by atoms with van der Waals surface area (Å²) >= 11 is 8.89. The van der Waals surface area contributed by atoms with Crippen molar-refractivity contribution in [2.45, 2.75) is 18.7 Å². The topological polar surface area (TPSA) is 74.7 Å². The fourth-order valence-corrected chi connectivity index (χ4v) is 3.89. The minimum atomic E-state index is -3.72. The van der Waals surface area contributed by atoms with Crippen LogP contribution in [-0.2, 0) is 10.0 Å². The third-order valence-corrected chi connectivity index (χ3v) is 5.86. The minimum absolute atomic E-state index is 0.0222. The normalized spacial score (nSPS) is 11.8. The van der Waals surface area contributed by atoms with Gasteiger partial charge in [-0.05, 0) is 28.1 Å². The van der Waals surface area contributed by atoms with Gasteiger partial charge >= 0.3 is 5.97 Å². The maximum atomic E-state index is 12.3. The monoisotopic (exact) mass is 369 g/mol. The molecule has 0 aliphatic rings. The van der Waals surface area contributed by atoms with Gasteiger partial charge in [-0.2, -0.15) is 4.31 Å². The zero-order valence-electron chi connectivity index (χ0n) is 10.4. The van der Waals surface area contributed by atoms with Crippen LogP contribution in [0.15, 0.2) is 21.5 Å². The van der Waals surface area contributed by atoms with Crippen LogP contribution in [0.3, 0.4) is 0 Å². The first-order chi connectivity index (χ1) is 8.75. The number of carboxylic acids is 1. The summed E-state index contributed by atoms with van der Waals surface area (Å²) in [4.78, 5) is 11.0. The molecule has 0 aliphatic carbocycles. The second-order valence-electron chi connectivity index (χ2n) is 3.66. The Morgan fingerprint density at radius 2 is 1.89 bits per heavy atom. The number of sulfonamides is 1. The average Bonchev–Trinajstić information content (AvgIpc) is 2.33. The van der Waals surface area contributed by atoms with Gasteiger partial charge in [0.25, 0.3) is 0 Å². The summed E-state index contributed by atoms with van der Waals surface area (Å²) in [6.45, 7) is 4.04. The summed E-state index contributed by atoms with van der Waals surface area (Å²) < 4.78 is 26.1. The van der Waals surface area contributed by atoms with Crippen molar-refractivity contribution in [2.75, 3.05) is 13.1 Å². The van der Waals surface area contributed by atoms with Gasteiger partial charge in [0.15, 0.2) is 0 Å². The Bertz CT molecular complexity index is 599. The molecule has 1 aromatic rings. The molecule has 19 heavy (non-hydrogen) atoms. The van der Waals surface area contributed by atoms with Crippen LogP contribution in [0, 0.1) is 0 Å². The lowest BCUT2D eigenvalue weighted by Gasteiger charge is -2.19. The fraction of sp³-hybridized carbons (Fsp3) is 0.364. The molecule has 1 N–H and O–H groups in total. The number of carboxylic acid groups (broad SMARTS) is 1. The van der Waals surface area contributed by atoms with Crippen LogP contribution in [-0.4, -0.2) is 36.9 Å². The van der Waals surface area contributed by atoms with E-state index in [4.69, 9.17) is 16.7 Å². The van der Waals surface area contributed by atoms with Crippen LogP contribution in [0.5, 0.6) is 0 Å². The Morgan fingerprint density at radius 3 is 2.32 bits per heavy atom. The summed E-state index contributed by atoms with van der Waals surface area (Å²) in [6, 6.07) is 2.38. The van der Waals surface area contributed by atoms with Gasteiger partial charge in [0, 0.05) is 17.6 Å². The Hall–Kier alpha value is -0.630. The first-order valence-electron chi connectivity index (χ1n) is 5.48. The maximum Gasteiger partial charge on any atom is 0.337 e. The molecule has 0 unspecified atom stereocenters. The van der Waals surface area contributed by atoms with Gasteiger partial charge in [-0.15, -0.1) is 0 Å². The van der Waals surface area contributed by atoms with Crippen molar-refractivity contribution in [1.29, 1.82) is 0 Å². The van der Waals surface area contributed by atoms with E-state index in [1.807, 2.05) is 0 Å². The van der Waals surface area contributed by atoms with E-state index in [0.717, 1.165) is 6.07 Å². The van der Waals surface area contributed by atoms with Gasteiger partial charge in [-0.1, -0.05) is 25.4 Å². The van der Waals surface area contributed by atoms with E-state index in [1.165, 1.54) is 10.4 Å². The highest BCUT2D eigenvalue weighted by atomic mass is 79.9. The zero-order chi connectivity index (χ0) is 14.8. The lowest BCUT2D eigenvalue weighted by Crippen LogP contribution is -2.30. The summed E-state index contributed by atoms with van der Waals surface area (Å²) in [5.74, 6) is -1.28. The van der Waals surface area contributed by atoms with E-state index in [-0.39, 0.29) is 20.0 Å². The molecule has 8 heteroatoms. The van der Waals surface area contributed by atoms with Crippen molar-refractivity contribution >= 4 is 43.5 Å². The molecule has 0 fully saturated rings. The molecule has 106 valence electrons. The standard InChI is InChI=1S/C11H13BrClNO4S/c1-3-14(4-2)19(17,18)7-5-8(11(15)16)10(13)9(12)6-7/h5-6H,3-4H2,1-2H3,(H,15,16). The van der Waals surface area contributed by atoms with Crippen molar-refractivity contribution in [3.05, 3.63) is 27.2 Å². The second-order valence-corrected chi connectivity index (χ2v) is 6.83. The molecule has 0 saturated heterocycles. The molecule has 0 aliphatic heterocycles. The molecule has 0 aromatic heterocycles. The van der Waals surface area contributed by atoms with Crippen LogP contribution in [0.2, 0.25) is 5.02 Å². The molecule has 0 heterocycles. The number of carbonyl (C=O) groups is 1. The van der Waals surface area contributed by atoms with E-state index < -0.39 is 16.0 Å². The number of aromatic carboxylic acids is 1. The third kappa shape index (κ3) is 3.28. The van der Waals surface area contributed by atoms with Gasteiger partial charge in [0.1, 0.15) is 0 Å². The Morgan fingerprint density at radius 1 is 1.37 bits per heavy atom. The Labute approximate surface area is 125 Å². The molecule has 0 amide bonds. The molecule has 0 spiro atoms. The number of hydrogen-bond acceptors (Lipinski definition) is 3. The molecule has 0 atom stereocenters. The van der Waals surface area contributed by atoms with E-state index in [0.29, 0.717) is 13.1 Å². The molecular weight excluding hydrogens is 358 g/mol. The number of halogens is 2. The first-order valence-corrected chi connectivity index (χ1v) is 8.09. The zero-order valence-corrected chi connectivity index (χ0v) is 13.5. The highest BCUT2D eigenvalue weighted by Crippen LogP contribution is 2.31. The van der Waals surface area contributed by atoms with Gasteiger partial charge in [0.05, 0.1) is 15.5 Å². The van der Waals surface area contributed by atoms with Crippen molar-refractivity contribution in [2.24, 2.45) is 0 Å². The maximum absolute atomic E-state index is 12.3. The third-order valence-electron chi connectivity index (χ3n) is 2.58. The van der Waals surface area contributed by atoms with Crippen molar-refractivity contribution < 1.29 is 18.3 Å². The highest BCUT2D eigenvalue weighted by molar-refractivity contribution is 9.10. The minimum Gasteiger partial charge on any atom is -0.478 e. The molecule has 0 saturated carbocycles. The smallest absolute Gasteiger partial charge is 0.337 e. The van der Waals surface area contributed by atoms with Crippen LogP contribution < -0.4 is 0 Å². The Balaban J connectivity index is 3.49. The van der Waals surface area contributed by atoms with Crippen LogP contribution in [0.25, 0.3) is 0 Å². The average molecular weight is 371 g/mol. The summed E-state index contributed by atoms with van der Waals surface area (Å²) in [5.41, 5.74) is -0.248. The highest BCUT2D eigenvalue weighted by Gasteiger charge is 2.25. The number of rotatable bonds is 5. The largest absolute Gasteiger partial charge is 0.478 e. The fourth-order valence-electron chi connectivity index (χ4n) is 1.58.